The van der Waals surface area contributed by atoms with E-state index in [1.54, 1.807) is 19.2 Å². The Balaban J connectivity index is 2.72. The molecule has 5 heteroatoms. The molecule has 1 amide bonds. The Morgan fingerprint density at radius 2 is 2.28 bits per heavy atom. The van der Waals surface area contributed by atoms with Crippen molar-refractivity contribution in [1.29, 1.82) is 0 Å². The third kappa shape index (κ3) is 3.98. The monoisotopic (exact) mass is 271 g/mol. The molecular formula is C13H18ClNO3. The van der Waals surface area contributed by atoms with Crippen molar-refractivity contribution in [2.24, 2.45) is 0 Å². The summed E-state index contributed by atoms with van der Waals surface area (Å²) in [4.78, 5) is 12.0. The van der Waals surface area contributed by atoms with Crippen molar-refractivity contribution in [3.8, 4) is 0 Å². The van der Waals surface area contributed by atoms with Crippen LogP contribution in [0.25, 0.3) is 0 Å². The van der Waals surface area contributed by atoms with Crippen molar-refractivity contribution in [3.05, 3.63) is 34.3 Å². The van der Waals surface area contributed by atoms with Crippen LogP contribution in [0.3, 0.4) is 0 Å². The van der Waals surface area contributed by atoms with Gasteiger partial charge in [0.15, 0.2) is 0 Å². The summed E-state index contributed by atoms with van der Waals surface area (Å²) < 4.78 is 4.92. The van der Waals surface area contributed by atoms with E-state index in [0.29, 0.717) is 23.6 Å². The first-order valence-electron chi connectivity index (χ1n) is 5.76. The topological polar surface area (TPSA) is 58.6 Å². The Morgan fingerprint density at radius 1 is 1.56 bits per heavy atom. The molecular weight excluding hydrogens is 254 g/mol. The maximum Gasteiger partial charge on any atom is 0.253 e. The van der Waals surface area contributed by atoms with Gasteiger partial charge in [-0.1, -0.05) is 23.7 Å². The molecule has 4 nitrogen and oxygen atoms in total. The molecule has 0 heterocycles. The van der Waals surface area contributed by atoms with Crippen LogP contribution in [-0.2, 0) is 4.74 Å². The summed E-state index contributed by atoms with van der Waals surface area (Å²) in [6, 6.07) is 4.96. The molecule has 0 aliphatic rings. The maximum atomic E-state index is 12.0. The number of halogens is 1. The molecule has 1 aromatic carbocycles. The molecule has 1 rings (SSSR count). The Hall–Kier alpha value is -1.10. The lowest BCUT2D eigenvalue weighted by Crippen LogP contribution is -2.38. The van der Waals surface area contributed by atoms with Gasteiger partial charge in [-0.15, -0.1) is 0 Å². The Morgan fingerprint density at radius 3 is 2.89 bits per heavy atom. The minimum absolute atomic E-state index is 0.126. The van der Waals surface area contributed by atoms with Gasteiger partial charge >= 0.3 is 0 Å². The first-order chi connectivity index (χ1) is 8.60. The number of benzene rings is 1. The Kier molecular flexibility index (Phi) is 6.12. The largest absolute Gasteiger partial charge is 0.394 e. The van der Waals surface area contributed by atoms with Crippen LogP contribution in [0.2, 0.25) is 5.02 Å². The number of ether oxygens (including phenoxy) is 1. The van der Waals surface area contributed by atoms with Crippen LogP contribution in [-0.4, -0.2) is 37.4 Å². The lowest BCUT2D eigenvalue weighted by molar-refractivity contribution is 0.0895. The molecule has 2 N–H and O–H groups in total. The van der Waals surface area contributed by atoms with Crippen LogP contribution in [0.5, 0.6) is 0 Å². The molecule has 0 bridgehead atoms. The molecule has 0 aromatic heterocycles. The molecule has 1 atom stereocenters. The summed E-state index contributed by atoms with van der Waals surface area (Å²) in [5.41, 5.74) is 1.27. The van der Waals surface area contributed by atoms with E-state index in [1.807, 2.05) is 13.0 Å². The summed E-state index contributed by atoms with van der Waals surface area (Å²) in [7, 11) is 1.58. The fourth-order valence-electron chi connectivity index (χ4n) is 1.56. The van der Waals surface area contributed by atoms with Crippen LogP contribution in [0.4, 0.5) is 0 Å². The van der Waals surface area contributed by atoms with Crippen molar-refractivity contribution in [2.75, 3.05) is 20.3 Å². The number of nitrogens with one attached hydrogen (secondary N) is 1. The number of methoxy groups -OCH3 is 1. The van der Waals surface area contributed by atoms with E-state index in [-0.39, 0.29) is 18.6 Å². The van der Waals surface area contributed by atoms with Gasteiger partial charge in [0.1, 0.15) is 0 Å². The quantitative estimate of drug-likeness (QED) is 0.829. The molecule has 0 aliphatic heterocycles. The number of aliphatic hydroxyl groups is 1. The molecule has 18 heavy (non-hydrogen) atoms. The molecule has 0 radical (unpaired) electrons. The highest BCUT2D eigenvalue weighted by molar-refractivity contribution is 6.34. The van der Waals surface area contributed by atoms with Gasteiger partial charge < -0.3 is 15.2 Å². The van der Waals surface area contributed by atoms with Crippen molar-refractivity contribution in [1.82, 2.24) is 5.32 Å². The first kappa shape index (κ1) is 15.0. The number of aryl methyl sites for hydroxylation is 1. The van der Waals surface area contributed by atoms with Crippen molar-refractivity contribution < 1.29 is 14.6 Å². The zero-order valence-corrected chi connectivity index (χ0v) is 11.3. The number of aliphatic hydroxyl groups excluding tert-OH is 1. The fraction of sp³-hybridized carbons (Fsp3) is 0.462. The maximum absolute atomic E-state index is 12.0. The second-order valence-corrected chi connectivity index (χ2v) is 4.45. The van der Waals surface area contributed by atoms with Crippen LogP contribution < -0.4 is 5.32 Å². The Labute approximate surface area is 112 Å². The Bertz CT molecular complexity index is 409. The van der Waals surface area contributed by atoms with Crippen molar-refractivity contribution in [3.63, 3.8) is 0 Å². The standard InChI is InChI=1S/C13H18ClNO3/c1-9-4-3-5-11(12(9)14)13(17)15-10(8-16)6-7-18-2/h3-5,10,16H,6-8H2,1-2H3,(H,15,17). The summed E-state index contributed by atoms with van der Waals surface area (Å²) in [6.45, 7) is 2.19. The minimum atomic E-state index is -0.325. The highest BCUT2D eigenvalue weighted by atomic mass is 35.5. The minimum Gasteiger partial charge on any atom is -0.394 e. The highest BCUT2D eigenvalue weighted by Gasteiger charge is 2.15. The van der Waals surface area contributed by atoms with Crippen LogP contribution in [0.1, 0.15) is 22.3 Å². The van der Waals surface area contributed by atoms with Crippen LogP contribution in [0, 0.1) is 6.92 Å². The molecule has 0 aliphatic carbocycles. The summed E-state index contributed by atoms with van der Waals surface area (Å²) in [5, 5.41) is 12.3. The molecule has 0 saturated heterocycles. The normalized spacial score (nSPS) is 12.2. The second kappa shape index (κ2) is 7.36. The van der Waals surface area contributed by atoms with Crippen LogP contribution >= 0.6 is 11.6 Å². The van der Waals surface area contributed by atoms with Gasteiger partial charge in [-0.25, -0.2) is 0 Å². The number of hydrogen-bond acceptors (Lipinski definition) is 3. The molecule has 0 spiro atoms. The highest BCUT2D eigenvalue weighted by Crippen LogP contribution is 2.20. The first-order valence-corrected chi connectivity index (χ1v) is 6.13. The average molecular weight is 272 g/mol. The summed E-state index contributed by atoms with van der Waals surface area (Å²) >= 11 is 6.07. The number of carbonyl (C=O) groups is 1. The van der Waals surface area contributed by atoms with E-state index in [2.05, 4.69) is 5.32 Å². The molecule has 100 valence electrons. The lowest BCUT2D eigenvalue weighted by atomic mass is 10.1. The zero-order valence-electron chi connectivity index (χ0n) is 10.6. The fourth-order valence-corrected chi connectivity index (χ4v) is 1.77. The third-order valence-electron chi connectivity index (χ3n) is 2.66. The van der Waals surface area contributed by atoms with E-state index in [0.717, 1.165) is 5.56 Å². The predicted octanol–water partition coefficient (Wildman–Crippen LogP) is 1.78. The van der Waals surface area contributed by atoms with E-state index < -0.39 is 0 Å². The summed E-state index contributed by atoms with van der Waals surface area (Å²) in [6.07, 6.45) is 0.558. The van der Waals surface area contributed by atoms with E-state index in [4.69, 9.17) is 21.4 Å². The SMILES string of the molecule is COCCC(CO)NC(=O)c1cccc(C)c1Cl. The molecule has 0 fully saturated rings. The van der Waals surface area contributed by atoms with Crippen LogP contribution in [0.15, 0.2) is 18.2 Å². The second-order valence-electron chi connectivity index (χ2n) is 4.07. The van der Waals surface area contributed by atoms with Gasteiger partial charge in [0, 0.05) is 13.7 Å². The van der Waals surface area contributed by atoms with Gasteiger partial charge in [-0.05, 0) is 25.0 Å². The molecule has 1 aromatic rings. The van der Waals surface area contributed by atoms with Gasteiger partial charge in [0.2, 0.25) is 0 Å². The van der Waals surface area contributed by atoms with Crippen molar-refractivity contribution in [2.45, 2.75) is 19.4 Å². The van der Waals surface area contributed by atoms with Gasteiger partial charge in [-0.2, -0.15) is 0 Å². The average Bonchev–Trinajstić information content (AvgIpc) is 2.37. The number of hydrogen-bond donors (Lipinski definition) is 2. The number of amides is 1. The predicted molar refractivity (Wildman–Crippen MR) is 71.0 cm³/mol. The molecule has 1 unspecified atom stereocenters. The molecule has 0 saturated carbocycles. The lowest BCUT2D eigenvalue weighted by Gasteiger charge is -2.16. The van der Waals surface area contributed by atoms with Gasteiger partial charge in [0.25, 0.3) is 5.91 Å². The van der Waals surface area contributed by atoms with Gasteiger partial charge in [-0.3, -0.25) is 4.79 Å². The van der Waals surface area contributed by atoms with E-state index in [1.165, 1.54) is 0 Å². The third-order valence-corrected chi connectivity index (χ3v) is 3.16. The number of rotatable bonds is 6. The summed E-state index contributed by atoms with van der Waals surface area (Å²) in [5.74, 6) is -0.279. The number of carbonyl (C=O) groups excluding carboxylic acids is 1. The zero-order chi connectivity index (χ0) is 13.5. The van der Waals surface area contributed by atoms with Crippen molar-refractivity contribution >= 4 is 17.5 Å². The van der Waals surface area contributed by atoms with E-state index >= 15 is 0 Å². The smallest absolute Gasteiger partial charge is 0.253 e. The van der Waals surface area contributed by atoms with E-state index in [9.17, 15) is 4.79 Å². The van der Waals surface area contributed by atoms with Gasteiger partial charge in [0.05, 0.1) is 23.2 Å².